The number of aromatic nitrogens is 1. The molecule has 0 fully saturated rings. The first-order chi connectivity index (χ1) is 8.08. The van der Waals surface area contributed by atoms with Crippen molar-refractivity contribution in [2.45, 2.75) is 13.3 Å². The van der Waals surface area contributed by atoms with Crippen LogP contribution in [-0.4, -0.2) is 49.7 Å². The molecule has 2 N–H and O–H groups in total. The molecule has 1 rings (SSSR count). The average molecular weight is 240 g/mol. The highest BCUT2D eigenvalue weighted by Crippen LogP contribution is 2.06. The largest absolute Gasteiger partial charge is 0.360 e. The fraction of sp³-hybridized carbons (Fsp3) is 0.636. The van der Waals surface area contributed by atoms with Crippen LogP contribution in [0.2, 0.25) is 0 Å². The molecule has 0 radical (unpaired) electrons. The number of carbonyl (C=O) groups is 1. The Bertz CT molecular complexity index is 349. The number of nitrogens with zero attached hydrogens (tertiary/aromatic N) is 2. The number of rotatable bonds is 7. The van der Waals surface area contributed by atoms with E-state index in [4.69, 9.17) is 4.52 Å². The van der Waals surface area contributed by atoms with Crippen molar-refractivity contribution in [3.05, 3.63) is 11.8 Å². The standard InChI is InChI=1S/C11H20N4O2/c1-9-7-10(14-17-9)13-11(16)8-12-5-4-6-15(2)3/h7,12H,4-6,8H2,1-3H3,(H,13,14,16). The Kier molecular flexibility index (Phi) is 5.65. The minimum atomic E-state index is -0.108. The summed E-state index contributed by atoms with van der Waals surface area (Å²) >= 11 is 0. The zero-order valence-corrected chi connectivity index (χ0v) is 10.6. The van der Waals surface area contributed by atoms with Gasteiger partial charge in [0.05, 0.1) is 6.54 Å². The molecule has 0 spiro atoms. The Morgan fingerprint density at radius 2 is 2.29 bits per heavy atom. The lowest BCUT2D eigenvalue weighted by Crippen LogP contribution is -2.30. The monoisotopic (exact) mass is 240 g/mol. The first kappa shape index (κ1) is 13.7. The number of carbonyl (C=O) groups excluding carboxylic acids is 1. The summed E-state index contributed by atoms with van der Waals surface area (Å²) in [6.45, 7) is 3.90. The predicted molar refractivity (Wildman–Crippen MR) is 65.9 cm³/mol. The van der Waals surface area contributed by atoms with Gasteiger partial charge in [0, 0.05) is 6.07 Å². The zero-order valence-electron chi connectivity index (χ0n) is 10.6. The van der Waals surface area contributed by atoms with E-state index in [1.165, 1.54) is 0 Å². The van der Waals surface area contributed by atoms with E-state index >= 15 is 0 Å². The van der Waals surface area contributed by atoms with Crippen molar-refractivity contribution in [3.8, 4) is 0 Å². The molecule has 0 unspecified atom stereocenters. The van der Waals surface area contributed by atoms with Gasteiger partial charge in [0.15, 0.2) is 5.82 Å². The van der Waals surface area contributed by atoms with E-state index in [0.717, 1.165) is 19.5 Å². The highest BCUT2D eigenvalue weighted by atomic mass is 16.5. The van der Waals surface area contributed by atoms with Crippen molar-refractivity contribution >= 4 is 11.7 Å². The summed E-state index contributed by atoms with van der Waals surface area (Å²) in [4.78, 5) is 13.6. The van der Waals surface area contributed by atoms with Crippen molar-refractivity contribution in [1.82, 2.24) is 15.4 Å². The lowest BCUT2D eigenvalue weighted by atomic mass is 10.4. The van der Waals surface area contributed by atoms with Gasteiger partial charge in [-0.25, -0.2) is 0 Å². The Hall–Kier alpha value is -1.40. The van der Waals surface area contributed by atoms with Crippen LogP contribution in [0, 0.1) is 6.92 Å². The molecular formula is C11H20N4O2. The summed E-state index contributed by atoms with van der Waals surface area (Å²) in [5, 5.41) is 9.40. The highest BCUT2D eigenvalue weighted by molar-refractivity contribution is 5.91. The van der Waals surface area contributed by atoms with Crippen molar-refractivity contribution < 1.29 is 9.32 Å². The molecule has 6 nitrogen and oxygen atoms in total. The Balaban J connectivity index is 2.09. The summed E-state index contributed by atoms with van der Waals surface area (Å²) in [6.07, 6.45) is 1.02. The molecule has 0 aliphatic heterocycles. The van der Waals surface area contributed by atoms with Crippen LogP contribution in [-0.2, 0) is 4.79 Å². The van der Waals surface area contributed by atoms with Gasteiger partial charge in [0.1, 0.15) is 5.76 Å². The van der Waals surface area contributed by atoms with E-state index in [9.17, 15) is 4.79 Å². The second-order valence-electron chi connectivity index (χ2n) is 4.20. The third kappa shape index (κ3) is 6.03. The van der Waals surface area contributed by atoms with Gasteiger partial charge in [-0.15, -0.1) is 0 Å². The second-order valence-corrected chi connectivity index (χ2v) is 4.20. The van der Waals surface area contributed by atoms with E-state index < -0.39 is 0 Å². The van der Waals surface area contributed by atoms with Gasteiger partial charge < -0.3 is 20.1 Å². The van der Waals surface area contributed by atoms with Gasteiger partial charge in [-0.1, -0.05) is 5.16 Å². The summed E-state index contributed by atoms with van der Waals surface area (Å²) < 4.78 is 4.84. The number of nitrogens with one attached hydrogen (secondary N) is 2. The summed E-state index contributed by atoms with van der Waals surface area (Å²) in [7, 11) is 4.05. The first-order valence-electron chi connectivity index (χ1n) is 5.66. The van der Waals surface area contributed by atoms with Crippen LogP contribution in [0.5, 0.6) is 0 Å². The van der Waals surface area contributed by atoms with E-state index in [1.54, 1.807) is 13.0 Å². The number of amides is 1. The van der Waals surface area contributed by atoms with Crippen molar-refractivity contribution in [3.63, 3.8) is 0 Å². The van der Waals surface area contributed by atoms with Gasteiger partial charge in [-0.2, -0.15) is 0 Å². The fourth-order valence-corrected chi connectivity index (χ4v) is 1.33. The van der Waals surface area contributed by atoms with Crippen molar-refractivity contribution in [1.29, 1.82) is 0 Å². The van der Waals surface area contributed by atoms with E-state index in [-0.39, 0.29) is 5.91 Å². The van der Waals surface area contributed by atoms with Gasteiger partial charge in [-0.3, -0.25) is 4.79 Å². The van der Waals surface area contributed by atoms with Crippen molar-refractivity contribution in [2.24, 2.45) is 0 Å². The smallest absolute Gasteiger partial charge is 0.239 e. The number of hydrogen-bond acceptors (Lipinski definition) is 5. The molecule has 6 heteroatoms. The Morgan fingerprint density at radius 3 is 2.88 bits per heavy atom. The third-order valence-electron chi connectivity index (χ3n) is 2.14. The number of anilines is 1. The van der Waals surface area contributed by atoms with Crippen LogP contribution in [0.25, 0.3) is 0 Å². The predicted octanol–water partition coefficient (Wildman–Crippen LogP) is 0.463. The topological polar surface area (TPSA) is 70.4 Å². The molecule has 0 aliphatic carbocycles. The molecule has 0 aliphatic rings. The maximum absolute atomic E-state index is 11.5. The molecule has 0 saturated heterocycles. The number of hydrogen-bond donors (Lipinski definition) is 2. The molecule has 0 bridgehead atoms. The molecule has 96 valence electrons. The molecule has 17 heavy (non-hydrogen) atoms. The third-order valence-corrected chi connectivity index (χ3v) is 2.14. The van der Waals surface area contributed by atoms with Crippen LogP contribution < -0.4 is 10.6 Å². The lowest BCUT2D eigenvalue weighted by Gasteiger charge is -2.09. The maximum atomic E-state index is 11.5. The fourth-order valence-electron chi connectivity index (χ4n) is 1.33. The van der Waals surface area contributed by atoms with Crippen molar-refractivity contribution in [2.75, 3.05) is 39.0 Å². The number of aryl methyl sites for hydroxylation is 1. The van der Waals surface area contributed by atoms with Crippen LogP contribution >= 0.6 is 0 Å². The molecule has 0 atom stereocenters. The molecule has 1 amide bonds. The molecule has 1 aromatic rings. The lowest BCUT2D eigenvalue weighted by molar-refractivity contribution is -0.115. The molecule has 0 aromatic carbocycles. The van der Waals surface area contributed by atoms with E-state index in [0.29, 0.717) is 18.1 Å². The quantitative estimate of drug-likeness (QED) is 0.678. The zero-order chi connectivity index (χ0) is 12.7. The first-order valence-corrected chi connectivity index (χ1v) is 5.66. The molecular weight excluding hydrogens is 220 g/mol. The molecule has 1 heterocycles. The van der Waals surface area contributed by atoms with Crippen LogP contribution in [0.15, 0.2) is 10.6 Å². The summed E-state index contributed by atoms with van der Waals surface area (Å²) in [5.41, 5.74) is 0. The minimum Gasteiger partial charge on any atom is -0.360 e. The van der Waals surface area contributed by atoms with Gasteiger partial charge in [0.2, 0.25) is 5.91 Å². The normalized spacial score (nSPS) is 10.8. The van der Waals surface area contributed by atoms with Crippen LogP contribution in [0.4, 0.5) is 5.82 Å². The van der Waals surface area contributed by atoms with Crippen LogP contribution in [0.3, 0.4) is 0 Å². The molecule has 1 aromatic heterocycles. The Labute approximate surface area is 101 Å². The molecule has 0 saturated carbocycles. The average Bonchev–Trinajstić information content (AvgIpc) is 2.63. The minimum absolute atomic E-state index is 0.108. The maximum Gasteiger partial charge on any atom is 0.239 e. The van der Waals surface area contributed by atoms with E-state index in [2.05, 4.69) is 20.7 Å². The van der Waals surface area contributed by atoms with E-state index in [1.807, 2.05) is 14.1 Å². The van der Waals surface area contributed by atoms with Gasteiger partial charge in [-0.05, 0) is 40.5 Å². The Morgan fingerprint density at radius 1 is 1.53 bits per heavy atom. The van der Waals surface area contributed by atoms with Gasteiger partial charge >= 0.3 is 0 Å². The summed E-state index contributed by atoms with van der Waals surface area (Å²) in [5.74, 6) is 1.03. The van der Waals surface area contributed by atoms with Crippen LogP contribution in [0.1, 0.15) is 12.2 Å². The SMILES string of the molecule is Cc1cc(NC(=O)CNCCCN(C)C)no1. The van der Waals surface area contributed by atoms with Gasteiger partial charge in [0.25, 0.3) is 0 Å². The second kappa shape index (κ2) is 7.03. The highest BCUT2D eigenvalue weighted by Gasteiger charge is 2.05. The summed E-state index contributed by atoms with van der Waals surface area (Å²) in [6, 6.07) is 1.68.